The molecule has 0 atom stereocenters. The highest BCUT2D eigenvalue weighted by atomic mass is 16.5. The number of rotatable bonds is 9. The maximum absolute atomic E-state index is 11.7. The minimum atomic E-state index is -0.0846. The maximum Gasteiger partial charge on any atom is 0.239 e. The molecule has 23 heavy (non-hydrogen) atoms. The van der Waals surface area contributed by atoms with Crippen molar-refractivity contribution in [2.24, 2.45) is 5.92 Å². The highest BCUT2D eigenvalue weighted by Gasteiger charge is 2.03. The third kappa shape index (κ3) is 6.46. The Labute approximate surface area is 137 Å². The molecule has 1 heterocycles. The summed E-state index contributed by atoms with van der Waals surface area (Å²) in [6.07, 6.45) is 2.63. The van der Waals surface area contributed by atoms with Gasteiger partial charge in [-0.15, -0.1) is 0 Å². The van der Waals surface area contributed by atoms with E-state index in [0.29, 0.717) is 12.5 Å². The number of amides is 1. The summed E-state index contributed by atoms with van der Waals surface area (Å²) in [5.41, 5.74) is 0.884. The Kier molecular flexibility index (Phi) is 6.54. The first kappa shape index (κ1) is 16.9. The molecule has 0 fully saturated rings. The van der Waals surface area contributed by atoms with E-state index in [1.165, 1.54) is 0 Å². The molecule has 2 N–H and O–H groups in total. The van der Waals surface area contributed by atoms with Gasteiger partial charge in [-0.1, -0.05) is 13.8 Å². The Morgan fingerprint density at radius 3 is 2.65 bits per heavy atom. The summed E-state index contributed by atoms with van der Waals surface area (Å²) in [6.45, 7) is 5.69. The first-order valence-electron chi connectivity index (χ1n) is 7.89. The van der Waals surface area contributed by atoms with Gasteiger partial charge in [0.25, 0.3) is 0 Å². The molecule has 2 rings (SSSR count). The molecule has 1 aromatic carbocycles. The average molecular weight is 316 g/mol. The molecule has 2 aromatic rings. The lowest BCUT2D eigenvalue weighted by Crippen LogP contribution is -2.29. The van der Waals surface area contributed by atoms with E-state index in [1.807, 2.05) is 30.3 Å². The van der Waals surface area contributed by atoms with Gasteiger partial charge in [0.1, 0.15) is 11.5 Å². The predicted molar refractivity (Wildman–Crippen MR) is 90.4 cm³/mol. The number of benzene rings is 1. The number of furan rings is 1. The third-order valence-electron chi connectivity index (χ3n) is 3.31. The Bertz CT molecular complexity index is 577. The quantitative estimate of drug-likeness (QED) is 0.744. The number of ether oxygens (including phenoxy) is 1. The standard InChI is InChI=1S/C18H24N2O3/c1-14(2)9-11-23-16-7-5-15(6-8-16)19-13-18(21)20-12-17-4-3-10-22-17/h3-8,10,14,19H,9,11-13H2,1-2H3,(H,20,21). The van der Waals surface area contributed by atoms with Crippen molar-refractivity contribution >= 4 is 11.6 Å². The van der Waals surface area contributed by atoms with E-state index in [-0.39, 0.29) is 12.5 Å². The first-order valence-corrected chi connectivity index (χ1v) is 7.89. The van der Waals surface area contributed by atoms with Crippen LogP contribution in [0.15, 0.2) is 47.1 Å². The van der Waals surface area contributed by atoms with E-state index in [0.717, 1.165) is 30.2 Å². The number of anilines is 1. The zero-order valence-corrected chi connectivity index (χ0v) is 13.7. The second-order valence-corrected chi connectivity index (χ2v) is 5.77. The fraction of sp³-hybridized carbons (Fsp3) is 0.389. The molecule has 0 aliphatic heterocycles. The van der Waals surface area contributed by atoms with Crippen molar-refractivity contribution in [3.63, 3.8) is 0 Å². The molecular formula is C18H24N2O3. The van der Waals surface area contributed by atoms with Crippen LogP contribution in [0, 0.1) is 5.92 Å². The first-order chi connectivity index (χ1) is 11.1. The number of hydrogen-bond donors (Lipinski definition) is 2. The van der Waals surface area contributed by atoms with Crippen molar-refractivity contribution in [2.45, 2.75) is 26.8 Å². The van der Waals surface area contributed by atoms with Gasteiger partial charge in [0.15, 0.2) is 0 Å². The second kappa shape index (κ2) is 8.88. The molecule has 0 spiro atoms. The Hall–Kier alpha value is -2.43. The van der Waals surface area contributed by atoms with Gasteiger partial charge < -0.3 is 19.8 Å². The van der Waals surface area contributed by atoms with E-state index in [2.05, 4.69) is 24.5 Å². The highest BCUT2D eigenvalue weighted by molar-refractivity contribution is 5.80. The number of carbonyl (C=O) groups is 1. The van der Waals surface area contributed by atoms with Crippen molar-refractivity contribution in [3.05, 3.63) is 48.4 Å². The SMILES string of the molecule is CC(C)CCOc1ccc(NCC(=O)NCc2ccco2)cc1. The fourth-order valence-corrected chi connectivity index (χ4v) is 1.93. The largest absolute Gasteiger partial charge is 0.494 e. The molecule has 0 saturated heterocycles. The molecule has 0 bridgehead atoms. The zero-order valence-electron chi connectivity index (χ0n) is 13.7. The van der Waals surface area contributed by atoms with E-state index >= 15 is 0 Å². The lowest BCUT2D eigenvalue weighted by atomic mass is 10.1. The van der Waals surface area contributed by atoms with Gasteiger partial charge >= 0.3 is 0 Å². The van der Waals surface area contributed by atoms with Gasteiger partial charge in [-0.3, -0.25) is 4.79 Å². The molecule has 124 valence electrons. The molecule has 0 radical (unpaired) electrons. The van der Waals surface area contributed by atoms with Crippen molar-refractivity contribution in [3.8, 4) is 5.75 Å². The van der Waals surface area contributed by atoms with Crippen LogP contribution in [-0.2, 0) is 11.3 Å². The molecule has 0 saturated carbocycles. The van der Waals surface area contributed by atoms with Gasteiger partial charge in [0, 0.05) is 5.69 Å². The molecule has 1 aromatic heterocycles. The predicted octanol–water partition coefficient (Wildman–Crippen LogP) is 3.43. The monoisotopic (exact) mass is 316 g/mol. The average Bonchev–Trinajstić information content (AvgIpc) is 3.05. The Balaban J connectivity index is 1.67. The zero-order chi connectivity index (χ0) is 16.5. The van der Waals surface area contributed by atoms with Gasteiger partial charge in [-0.25, -0.2) is 0 Å². The van der Waals surface area contributed by atoms with Crippen molar-refractivity contribution in [2.75, 3.05) is 18.5 Å². The second-order valence-electron chi connectivity index (χ2n) is 5.77. The molecule has 0 aliphatic rings. The minimum Gasteiger partial charge on any atom is -0.494 e. The summed E-state index contributed by atoms with van der Waals surface area (Å²) in [6, 6.07) is 11.2. The van der Waals surface area contributed by atoms with E-state index in [4.69, 9.17) is 9.15 Å². The summed E-state index contributed by atoms with van der Waals surface area (Å²) >= 11 is 0. The van der Waals surface area contributed by atoms with Crippen molar-refractivity contribution < 1.29 is 13.9 Å². The number of nitrogens with one attached hydrogen (secondary N) is 2. The minimum absolute atomic E-state index is 0.0846. The van der Waals surface area contributed by atoms with Crippen molar-refractivity contribution in [1.82, 2.24) is 5.32 Å². The number of carbonyl (C=O) groups excluding carboxylic acids is 1. The summed E-state index contributed by atoms with van der Waals surface area (Å²) in [5.74, 6) is 2.13. The molecule has 5 heteroatoms. The van der Waals surface area contributed by atoms with Gasteiger partial charge in [-0.05, 0) is 48.7 Å². The molecule has 1 amide bonds. The van der Waals surface area contributed by atoms with E-state index in [9.17, 15) is 4.79 Å². The molecule has 5 nitrogen and oxygen atoms in total. The molecule has 0 unspecified atom stereocenters. The van der Waals surface area contributed by atoms with Crippen LogP contribution in [-0.4, -0.2) is 19.1 Å². The molecule has 0 aliphatic carbocycles. The Morgan fingerprint density at radius 1 is 1.22 bits per heavy atom. The van der Waals surface area contributed by atoms with Gasteiger partial charge in [0.05, 0.1) is 26.0 Å². The third-order valence-corrected chi connectivity index (χ3v) is 3.31. The van der Waals surface area contributed by atoms with Crippen LogP contribution in [0.3, 0.4) is 0 Å². The van der Waals surface area contributed by atoms with Gasteiger partial charge in [0.2, 0.25) is 5.91 Å². The van der Waals surface area contributed by atoms with Crippen LogP contribution in [0.4, 0.5) is 5.69 Å². The summed E-state index contributed by atoms with van der Waals surface area (Å²) in [5, 5.41) is 5.86. The summed E-state index contributed by atoms with van der Waals surface area (Å²) < 4.78 is 10.8. The van der Waals surface area contributed by atoms with Crippen LogP contribution in [0.2, 0.25) is 0 Å². The van der Waals surface area contributed by atoms with Crippen LogP contribution in [0.1, 0.15) is 26.0 Å². The summed E-state index contributed by atoms with van der Waals surface area (Å²) in [4.78, 5) is 11.7. The highest BCUT2D eigenvalue weighted by Crippen LogP contribution is 2.16. The van der Waals surface area contributed by atoms with Gasteiger partial charge in [-0.2, -0.15) is 0 Å². The van der Waals surface area contributed by atoms with Crippen LogP contribution in [0.5, 0.6) is 5.75 Å². The maximum atomic E-state index is 11.7. The van der Waals surface area contributed by atoms with Crippen LogP contribution < -0.4 is 15.4 Å². The smallest absolute Gasteiger partial charge is 0.239 e. The van der Waals surface area contributed by atoms with Crippen LogP contribution in [0.25, 0.3) is 0 Å². The van der Waals surface area contributed by atoms with Crippen molar-refractivity contribution in [1.29, 1.82) is 0 Å². The molecular weight excluding hydrogens is 292 g/mol. The topological polar surface area (TPSA) is 63.5 Å². The van der Waals surface area contributed by atoms with Crippen LogP contribution >= 0.6 is 0 Å². The lowest BCUT2D eigenvalue weighted by molar-refractivity contribution is -0.119. The number of hydrogen-bond acceptors (Lipinski definition) is 4. The van der Waals surface area contributed by atoms with E-state index < -0.39 is 0 Å². The lowest BCUT2D eigenvalue weighted by Gasteiger charge is -2.10. The fourth-order valence-electron chi connectivity index (χ4n) is 1.93. The Morgan fingerprint density at radius 2 is 2.00 bits per heavy atom. The summed E-state index contributed by atoms with van der Waals surface area (Å²) in [7, 11) is 0. The van der Waals surface area contributed by atoms with E-state index in [1.54, 1.807) is 12.3 Å². The normalized spacial score (nSPS) is 10.6.